The molecule has 1 fully saturated rings. The van der Waals surface area contributed by atoms with E-state index in [0.717, 1.165) is 31.6 Å². The maximum atomic E-state index is 12.3. The molecule has 1 saturated heterocycles. The Kier molecular flexibility index (Phi) is 5.06. The number of halogens is 1. The predicted molar refractivity (Wildman–Crippen MR) is 92.4 cm³/mol. The molecule has 2 aliphatic rings. The molecule has 0 saturated carbocycles. The van der Waals surface area contributed by atoms with E-state index >= 15 is 0 Å². The fraction of sp³-hybridized carbons (Fsp3) is 0.562. The molecule has 0 bridgehead atoms. The van der Waals surface area contributed by atoms with Gasteiger partial charge in [0.2, 0.25) is 0 Å². The van der Waals surface area contributed by atoms with Crippen LogP contribution in [0.15, 0.2) is 18.2 Å². The lowest BCUT2D eigenvalue weighted by atomic mass is 10.0. The van der Waals surface area contributed by atoms with E-state index in [0.29, 0.717) is 0 Å². The molecule has 6 nitrogen and oxygen atoms in total. The number of nitrogens with zero attached hydrogens (tertiary/aromatic N) is 1. The van der Waals surface area contributed by atoms with Crippen LogP contribution in [0.2, 0.25) is 0 Å². The fourth-order valence-corrected chi connectivity index (χ4v) is 3.44. The van der Waals surface area contributed by atoms with Crippen LogP contribution in [0, 0.1) is 0 Å². The minimum Gasteiger partial charge on any atom is -0.312 e. The Morgan fingerprint density at radius 3 is 3.04 bits per heavy atom. The van der Waals surface area contributed by atoms with Crippen molar-refractivity contribution >= 4 is 23.3 Å². The molecule has 3 unspecified atom stereocenters. The number of anilines is 1. The number of hydrogen-bond acceptors (Lipinski definition) is 4. The van der Waals surface area contributed by atoms with Crippen LogP contribution in [0.1, 0.15) is 24.5 Å². The highest BCUT2D eigenvalue weighted by Crippen LogP contribution is 2.20. The highest BCUT2D eigenvalue weighted by Gasteiger charge is 2.30. The van der Waals surface area contributed by atoms with Gasteiger partial charge in [-0.05, 0) is 56.6 Å². The third kappa shape index (κ3) is 3.95. The molecule has 0 radical (unpaired) electrons. The van der Waals surface area contributed by atoms with Crippen molar-refractivity contribution in [1.29, 1.82) is 0 Å². The summed E-state index contributed by atoms with van der Waals surface area (Å²) in [6, 6.07) is 6.09. The standard InChI is InChI=1S/C16H24ClN5O/c1-10-7-14(17)22(2)15(19-10)21-16(23)20-13-4-3-12-9-18-6-5-11(12)8-13/h3-4,8,10,14-15,18-19H,5-7,9H2,1-2H3,(H2,20,21,23). The first kappa shape index (κ1) is 16.5. The first-order valence-corrected chi connectivity index (χ1v) is 8.48. The molecule has 1 aromatic carbocycles. The number of carbonyl (C=O) groups excluding carboxylic acids is 1. The Morgan fingerprint density at radius 2 is 2.22 bits per heavy atom. The van der Waals surface area contributed by atoms with E-state index in [1.54, 1.807) is 0 Å². The Hall–Kier alpha value is -1.34. The molecule has 2 aliphatic heterocycles. The molecule has 0 aromatic heterocycles. The quantitative estimate of drug-likeness (QED) is 0.489. The largest absolute Gasteiger partial charge is 0.321 e. The number of hydrogen-bond donors (Lipinski definition) is 4. The third-order valence-corrected chi connectivity index (χ3v) is 4.94. The topological polar surface area (TPSA) is 68.4 Å². The SMILES string of the molecule is CC1CC(Cl)N(C)C(NC(=O)Nc2ccc3c(c2)CCNC3)N1. The molecule has 3 rings (SSSR count). The summed E-state index contributed by atoms with van der Waals surface area (Å²) in [4.78, 5) is 14.2. The van der Waals surface area contributed by atoms with Gasteiger partial charge in [-0.15, -0.1) is 11.6 Å². The van der Waals surface area contributed by atoms with Crippen LogP contribution in [0.4, 0.5) is 10.5 Å². The molecular weight excluding hydrogens is 314 g/mol. The van der Waals surface area contributed by atoms with Crippen molar-refractivity contribution in [3.05, 3.63) is 29.3 Å². The Bertz CT molecular complexity index is 582. The molecule has 126 valence electrons. The van der Waals surface area contributed by atoms with Gasteiger partial charge in [0, 0.05) is 18.3 Å². The molecular formula is C16H24ClN5O. The monoisotopic (exact) mass is 337 g/mol. The van der Waals surface area contributed by atoms with Gasteiger partial charge in [-0.3, -0.25) is 10.2 Å². The predicted octanol–water partition coefficient (Wildman–Crippen LogP) is 1.62. The number of fused-ring (bicyclic) bond motifs is 1. The highest BCUT2D eigenvalue weighted by atomic mass is 35.5. The molecule has 0 aliphatic carbocycles. The van der Waals surface area contributed by atoms with Gasteiger partial charge in [0.1, 0.15) is 6.29 Å². The lowest BCUT2D eigenvalue weighted by Gasteiger charge is -2.40. The van der Waals surface area contributed by atoms with Gasteiger partial charge in [0.05, 0.1) is 5.50 Å². The number of carbonyl (C=O) groups is 1. The minimum atomic E-state index is -0.275. The van der Waals surface area contributed by atoms with E-state index in [1.807, 2.05) is 18.0 Å². The number of urea groups is 1. The Balaban J connectivity index is 1.61. The molecule has 2 amide bonds. The van der Waals surface area contributed by atoms with Gasteiger partial charge in [-0.2, -0.15) is 0 Å². The summed E-state index contributed by atoms with van der Waals surface area (Å²) in [5.41, 5.74) is 3.32. The second-order valence-corrected chi connectivity index (χ2v) is 6.82. The molecule has 1 aromatic rings. The van der Waals surface area contributed by atoms with E-state index < -0.39 is 0 Å². The average molecular weight is 338 g/mol. The number of benzene rings is 1. The van der Waals surface area contributed by atoms with Crippen LogP contribution in [-0.4, -0.2) is 42.4 Å². The maximum absolute atomic E-state index is 12.3. The van der Waals surface area contributed by atoms with E-state index in [1.165, 1.54) is 11.1 Å². The molecule has 0 spiro atoms. The molecule has 23 heavy (non-hydrogen) atoms. The van der Waals surface area contributed by atoms with Gasteiger partial charge < -0.3 is 16.0 Å². The van der Waals surface area contributed by atoms with E-state index in [9.17, 15) is 4.79 Å². The minimum absolute atomic E-state index is 0.0900. The van der Waals surface area contributed by atoms with Crippen molar-refractivity contribution < 1.29 is 4.79 Å². The van der Waals surface area contributed by atoms with E-state index in [2.05, 4.69) is 40.3 Å². The van der Waals surface area contributed by atoms with Gasteiger partial charge in [0.15, 0.2) is 0 Å². The highest BCUT2D eigenvalue weighted by molar-refractivity contribution is 6.20. The summed E-state index contributed by atoms with van der Waals surface area (Å²) in [5, 5.41) is 12.5. The second-order valence-electron chi connectivity index (χ2n) is 6.31. The summed E-state index contributed by atoms with van der Waals surface area (Å²) >= 11 is 6.29. The maximum Gasteiger partial charge on any atom is 0.321 e. The van der Waals surface area contributed by atoms with Gasteiger partial charge >= 0.3 is 6.03 Å². The number of rotatable bonds is 2. The van der Waals surface area contributed by atoms with Gasteiger partial charge in [0.25, 0.3) is 0 Å². The van der Waals surface area contributed by atoms with Crippen LogP contribution < -0.4 is 21.3 Å². The normalized spacial score (nSPS) is 28.0. The van der Waals surface area contributed by atoms with Crippen LogP contribution in [-0.2, 0) is 13.0 Å². The average Bonchev–Trinajstić information content (AvgIpc) is 2.52. The van der Waals surface area contributed by atoms with Crippen LogP contribution in [0.5, 0.6) is 0 Å². The third-order valence-electron chi connectivity index (χ3n) is 4.46. The van der Waals surface area contributed by atoms with Crippen molar-refractivity contribution in [3.63, 3.8) is 0 Å². The van der Waals surface area contributed by atoms with Crippen LogP contribution in [0.3, 0.4) is 0 Å². The summed E-state index contributed by atoms with van der Waals surface area (Å²) in [5.74, 6) is 0. The van der Waals surface area contributed by atoms with Crippen LogP contribution >= 0.6 is 11.6 Å². The summed E-state index contributed by atoms with van der Waals surface area (Å²) in [6.45, 7) is 3.94. The number of alkyl halides is 1. The van der Waals surface area contributed by atoms with Crippen molar-refractivity contribution in [3.8, 4) is 0 Å². The second kappa shape index (κ2) is 7.05. The van der Waals surface area contributed by atoms with Crippen molar-refractivity contribution in [2.75, 3.05) is 18.9 Å². The van der Waals surface area contributed by atoms with Gasteiger partial charge in [-0.25, -0.2) is 4.79 Å². The number of amides is 2. The molecule has 3 atom stereocenters. The van der Waals surface area contributed by atoms with E-state index in [4.69, 9.17) is 11.6 Å². The Labute approximate surface area is 141 Å². The lowest BCUT2D eigenvalue weighted by Crippen LogP contribution is -2.64. The Morgan fingerprint density at radius 1 is 1.39 bits per heavy atom. The van der Waals surface area contributed by atoms with Crippen molar-refractivity contribution in [2.45, 2.75) is 44.1 Å². The summed E-state index contributed by atoms with van der Waals surface area (Å²) < 4.78 is 0. The fourth-order valence-electron chi connectivity index (χ4n) is 3.06. The summed E-state index contributed by atoms with van der Waals surface area (Å²) in [7, 11) is 1.90. The smallest absolute Gasteiger partial charge is 0.312 e. The zero-order valence-electron chi connectivity index (χ0n) is 13.5. The van der Waals surface area contributed by atoms with Crippen molar-refractivity contribution in [1.82, 2.24) is 20.9 Å². The molecule has 7 heteroatoms. The zero-order chi connectivity index (χ0) is 16.4. The van der Waals surface area contributed by atoms with Crippen molar-refractivity contribution in [2.24, 2.45) is 0 Å². The molecule has 4 N–H and O–H groups in total. The summed E-state index contributed by atoms with van der Waals surface area (Å²) in [6.07, 6.45) is 1.56. The zero-order valence-corrected chi connectivity index (χ0v) is 14.3. The number of nitrogens with one attached hydrogen (secondary N) is 4. The van der Waals surface area contributed by atoms with Gasteiger partial charge in [-0.1, -0.05) is 6.07 Å². The van der Waals surface area contributed by atoms with Crippen LogP contribution in [0.25, 0.3) is 0 Å². The van der Waals surface area contributed by atoms with E-state index in [-0.39, 0.29) is 23.9 Å². The first-order valence-electron chi connectivity index (χ1n) is 8.05. The lowest BCUT2D eigenvalue weighted by molar-refractivity contribution is 0.0988. The molecule has 2 heterocycles. The first-order chi connectivity index (χ1) is 11.0.